The van der Waals surface area contributed by atoms with Gasteiger partial charge in [0.25, 0.3) is 0 Å². The van der Waals surface area contributed by atoms with Crippen molar-refractivity contribution >= 4 is 11.1 Å². The number of hydrogen-bond acceptors (Lipinski definition) is 3. The first-order chi connectivity index (χ1) is 7.22. The quantitative estimate of drug-likeness (QED) is 0.811. The van der Waals surface area contributed by atoms with Crippen molar-refractivity contribution in [3.8, 4) is 0 Å². The summed E-state index contributed by atoms with van der Waals surface area (Å²) in [6.45, 7) is 0.928. The minimum Gasteiger partial charge on any atom is -0.408 e. The maximum absolute atomic E-state index is 11.2. The molecule has 2 aromatic rings. The highest BCUT2D eigenvalue weighted by molar-refractivity contribution is 5.73. The summed E-state index contributed by atoms with van der Waals surface area (Å²) in [4.78, 5) is 11.2. The normalized spacial score (nSPS) is 11.1. The number of nitrogens with zero attached hydrogens (tertiary/aromatic N) is 1. The molecule has 0 fully saturated rings. The first kappa shape index (κ1) is 9.98. The highest BCUT2D eigenvalue weighted by Gasteiger charge is 2.05. The fourth-order valence-corrected chi connectivity index (χ4v) is 1.60. The van der Waals surface area contributed by atoms with E-state index in [0.717, 1.165) is 18.5 Å². The Hall–Kier alpha value is -1.55. The largest absolute Gasteiger partial charge is 0.419 e. The van der Waals surface area contributed by atoms with Crippen LogP contribution in [0.4, 0.5) is 0 Å². The Labute approximate surface area is 87.5 Å². The molecule has 4 heteroatoms. The summed E-state index contributed by atoms with van der Waals surface area (Å²) >= 11 is 0. The number of aromatic nitrogens is 1. The van der Waals surface area contributed by atoms with Gasteiger partial charge in [0.15, 0.2) is 5.58 Å². The van der Waals surface area contributed by atoms with E-state index in [1.807, 2.05) is 25.2 Å². The number of fused-ring (bicyclic) bond motifs is 1. The molecule has 0 aliphatic rings. The molecule has 0 spiro atoms. The van der Waals surface area contributed by atoms with Crippen LogP contribution in [0.15, 0.2) is 27.4 Å². The Morgan fingerprint density at radius 3 is 3.00 bits per heavy atom. The van der Waals surface area contributed by atoms with E-state index >= 15 is 0 Å². The Balaban J connectivity index is 2.45. The molecule has 1 heterocycles. The summed E-state index contributed by atoms with van der Waals surface area (Å²) in [7, 11) is 3.64. The van der Waals surface area contributed by atoms with E-state index in [2.05, 4.69) is 5.32 Å². The van der Waals surface area contributed by atoms with Crippen molar-refractivity contribution in [2.24, 2.45) is 7.05 Å². The van der Waals surface area contributed by atoms with Gasteiger partial charge in [0.05, 0.1) is 5.52 Å². The van der Waals surface area contributed by atoms with Crippen molar-refractivity contribution in [1.29, 1.82) is 0 Å². The molecule has 2 rings (SSSR count). The maximum Gasteiger partial charge on any atom is 0.419 e. The molecular formula is C11H14N2O2. The van der Waals surface area contributed by atoms with E-state index in [1.165, 1.54) is 10.1 Å². The molecule has 80 valence electrons. The highest BCUT2D eigenvalue weighted by Crippen LogP contribution is 2.14. The Morgan fingerprint density at radius 2 is 2.27 bits per heavy atom. The zero-order valence-electron chi connectivity index (χ0n) is 8.91. The summed E-state index contributed by atoms with van der Waals surface area (Å²) in [6.07, 6.45) is 0.950. The van der Waals surface area contributed by atoms with Crippen LogP contribution in [0.3, 0.4) is 0 Å². The average Bonchev–Trinajstić information content (AvgIpc) is 2.52. The minimum absolute atomic E-state index is 0.309. The molecule has 0 saturated heterocycles. The molecule has 0 radical (unpaired) electrons. The Morgan fingerprint density at radius 1 is 1.47 bits per heavy atom. The van der Waals surface area contributed by atoms with Gasteiger partial charge in [-0.1, -0.05) is 6.07 Å². The van der Waals surface area contributed by atoms with Crippen LogP contribution in [-0.2, 0) is 13.5 Å². The summed E-state index contributed by atoms with van der Waals surface area (Å²) in [5, 5.41) is 3.09. The van der Waals surface area contributed by atoms with Gasteiger partial charge < -0.3 is 9.73 Å². The zero-order valence-corrected chi connectivity index (χ0v) is 8.91. The van der Waals surface area contributed by atoms with Crippen molar-refractivity contribution in [3.05, 3.63) is 34.3 Å². The lowest BCUT2D eigenvalue weighted by Crippen LogP contribution is -2.10. The lowest BCUT2D eigenvalue weighted by atomic mass is 10.1. The predicted molar refractivity (Wildman–Crippen MR) is 59.1 cm³/mol. The van der Waals surface area contributed by atoms with Crippen LogP contribution in [0.1, 0.15) is 5.56 Å². The first-order valence-electron chi connectivity index (χ1n) is 4.95. The fraction of sp³-hybridized carbons (Fsp3) is 0.364. The van der Waals surface area contributed by atoms with Crippen LogP contribution in [0.25, 0.3) is 11.1 Å². The van der Waals surface area contributed by atoms with Gasteiger partial charge in [-0.15, -0.1) is 0 Å². The number of nitrogens with one attached hydrogen (secondary N) is 1. The highest BCUT2D eigenvalue weighted by atomic mass is 16.4. The van der Waals surface area contributed by atoms with Crippen molar-refractivity contribution in [2.45, 2.75) is 6.42 Å². The van der Waals surface area contributed by atoms with Gasteiger partial charge in [-0.2, -0.15) is 0 Å². The van der Waals surface area contributed by atoms with Crippen molar-refractivity contribution in [1.82, 2.24) is 9.88 Å². The first-order valence-corrected chi connectivity index (χ1v) is 4.95. The van der Waals surface area contributed by atoms with Crippen molar-refractivity contribution < 1.29 is 4.42 Å². The van der Waals surface area contributed by atoms with E-state index in [9.17, 15) is 4.79 Å². The molecule has 0 unspecified atom stereocenters. The van der Waals surface area contributed by atoms with E-state index in [4.69, 9.17) is 4.42 Å². The summed E-state index contributed by atoms with van der Waals surface area (Å²) < 4.78 is 6.58. The van der Waals surface area contributed by atoms with Crippen LogP contribution in [-0.4, -0.2) is 18.2 Å². The third-order valence-electron chi connectivity index (χ3n) is 2.52. The smallest absolute Gasteiger partial charge is 0.408 e. The second kappa shape index (κ2) is 3.90. The van der Waals surface area contributed by atoms with Gasteiger partial charge in [-0.3, -0.25) is 4.57 Å². The molecule has 1 N–H and O–H groups in total. The summed E-state index contributed by atoms with van der Waals surface area (Å²) in [5.74, 6) is -0.309. The molecule has 0 bridgehead atoms. The lowest BCUT2D eigenvalue weighted by Gasteiger charge is -2.00. The number of oxazole rings is 1. The second-order valence-electron chi connectivity index (χ2n) is 3.58. The number of rotatable bonds is 3. The lowest BCUT2D eigenvalue weighted by molar-refractivity contribution is 0.528. The predicted octanol–water partition coefficient (Wildman–Crippen LogP) is 0.893. The molecule has 0 amide bonds. The third-order valence-corrected chi connectivity index (χ3v) is 2.52. The fourth-order valence-electron chi connectivity index (χ4n) is 1.60. The number of benzene rings is 1. The van der Waals surface area contributed by atoms with E-state index < -0.39 is 0 Å². The van der Waals surface area contributed by atoms with Gasteiger partial charge in [0, 0.05) is 7.05 Å². The second-order valence-corrected chi connectivity index (χ2v) is 3.58. The van der Waals surface area contributed by atoms with Crippen LogP contribution < -0.4 is 11.1 Å². The van der Waals surface area contributed by atoms with E-state index in [-0.39, 0.29) is 5.76 Å². The molecule has 1 aromatic heterocycles. The van der Waals surface area contributed by atoms with E-state index in [0.29, 0.717) is 5.58 Å². The minimum atomic E-state index is -0.309. The number of hydrogen-bond donors (Lipinski definition) is 1. The monoisotopic (exact) mass is 206 g/mol. The van der Waals surface area contributed by atoms with Gasteiger partial charge in [-0.05, 0) is 37.7 Å². The summed E-state index contributed by atoms with van der Waals surface area (Å²) in [6, 6.07) is 5.84. The van der Waals surface area contributed by atoms with Crippen LogP contribution in [0.5, 0.6) is 0 Å². The number of aryl methyl sites for hydroxylation is 1. The standard InChI is InChI=1S/C11H14N2O2/c1-12-6-5-8-3-4-10-9(7-8)13(2)11(14)15-10/h3-4,7,12H,5-6H2,1-2H3. The molecule has 0 saturated carbocycles. The van der Waals surface area contributed by atoms with Crippen LogP contribution >= 0.6 is 0 Å². The molecule has 4 nitrogen and oxygen atoms in total. The van der Waals surface area contributed by atoms with Gasteiger partial charge in [0.2, 0.25) is 0 Å². The van der Waals surface area contributed by atoms with Crippen LogP contribution in [0.2, 0.25) is 0 Å². The van der Waals surface area contributed by atoms with Crippen molar-refractivity contribution in [2.75, 3.05) is 13.6 Å². The van der Waals surface area contributed by atoms with Gasteiger partial charge in [0.1, 0.15) is 0 Å². The molecule has 1 aromatic carbocycles. The number of likely N-dealkylation sites (N-methyl/N-ethyl adjacent to an activating group) is 1. The SMILES string of the molecule is CNCCc1ccc2oc(=O)n(C)c2c1. The average molecular weight is 206 g/mol. The topological polar surface area (TPSA) is 47.2 Å². The zero-order chi connectivity index (χ0) is 10.8. The molecule has 15 heavy (non-hydrogen) atoms. The van der Waals surface area contributed by atoms with Crippen LogP contribution in [0, 0.1) is 0 Å². The Kier molecular flexibility index (Phi) is 2.60. The van der Waals surface area contributed by atoms with E-state index in [1.54, 1.807) is 7.05 Å². The van der Waals surface area contributed by atoms with Gasteiger partial charge >= 0.3 is 5.76 Å². The van der Waals surface area contributed by atoms with Crippen molar-refractivity contribution in [3.63, 3.8) is 0 Å². The molecule has 0 aliphatic heterocycles. The van der Waals surface area contributed by atoms with Gasteiger partial charge in [-0.25, -0.2) is 4.79 Å². The third kappa shape index (κ3) is 1.80. The maximum atomic E-state index is 11.2. The molecular weight excluding hydrogens is 192 g/mol. The summed E-state index contributed by atoms with van der Waals surface area (Å²) in [5.41, 5.74) is 2.71. The molecule has 0 aliphatic carbocycles. The molecule has 0 atom stereocenters. The Bertz CT molecular complexity index is 525.